The van der Waals surface area contributed by atoms with Crippen LogP contribution < -0.4 is 25.0 Å². The number of methoxy groups -OCH3 is 1. The van der Waals surface area contributed by atoms with E-state index in [9.17, 15) is 10.1 Å². The zero-order valence-electron chi connectivity index (χ0n) is 24.8. The van der Waals surface area contributed by atoms with E-state index in [0.717, 1.165) is 36.8 Å². The van der Waals surface area contributed by atoms with Crippen LogP contribution in [0.2, 0.25) is 0 Å². The molecule has 2 aliphatic rings. The molecule has 3 aromatic heterocycles. The van der Waals surface area contributed by atoms with Crippen molar-refractivity contribution in [3.05, 3.63) is 72.8 Å². The van der Waals surface area contributed by atoms with Gasteiger partial charge in [-0.15, -0.1) is 0 Å². The van der Waals surface area contributed by atoms with Gasteiger partial charge in [-0.25, -0.2) is 19.9 Å². The number of nitrogens with one attached hydrogen (secondary N) is 2. The number of ether oxygens (including phenoxy) is 3. The number of hydrogen-bond donors (Lipinski definition) is 2. The van der Waals surface area contributed by atoms with Gasteiger partial charge in [0.25, 0.3) is 5.91 Å². The maximum Gasteiger partial charge on any atom is 0.316 e. The molecule has 2 fully saturated rings. The first-order valence-electron chi connectivity index (χ1n) is 14.8. The number of hydrogen-bond acceptors (Lipinski definition) is 12. The molecule has 230 valence electrons. The zero-order chi connectivity index (χ0) is 31.0. The van der Waals surface area contributed by atoms with E-state index in [1.165, 1.54) is 13.3 Å². The van der Waals surface area contributed by atoms with Gasteiger partial charge in [-0.05, 0) is 49.9 Å². The Bertz CT molecular complexity index is 1620. The lowest BCUT2D eigenvalue weighted by molar-refractivity contribution is -0.121. The lowest BCUT2D eigenvalue weighted by Crippen LogP contribution is -2.46. The lowest BCUT2D eigenvalue weighted by atomic mass is 9.90. The van der Waals surface area contributed by atoms with E-state index < -0.39 is 0 Å². The third-order valence-corrected chi connectivity index (χ3v) is 7.80. The standard InChI is InChI=1S/C32H33N9O4/c1-43-32-36-16-23(17-37-32)21-7-12-28(34-14-21)41(29(42)20-45-27-5-3-2-4-6-27)26-10-8-24(9-11-26)39-31-35-15-22(13-33)30(40-31)38-25-18-44-19-25/h2-7,12,14-17,24-26H,8-11,18-20H2,1H3,(H2,35,38,39,40)/t24-,26-. The van der Waals surface area contributed by atoms with Crippen LogP contribution in [0.3, 0.4) is 0 Å². The van der Waals surface area contributed by atoms with Crippen molar-refractivity contribution >= 4 is 23.5 Å². The highest BCUT2D eigenvalue weighted by Gasteiger charge is 2.31. The van der Waals surface area contributed by atoms with Gasteiger partial charge in [-0.1, -0.05) is 18.2 Å². The maximum atomic E-state index is 13.7. The molecule has 1 aliphatic carbocycles. The first-order chi connectivity index (χ1) is 22.1. The molecule has 0 spiro atoms. The minimum absolute atomic E-state index is 0.0738. The second-order valence-electron chi connectivity index (χ2n) is 10.8. The van der Waals surface area contributed by atoms with E-state index in [1.54, 1.807) is 23.5 Å². The van der Waals surface area contributed by atoms with E-state index in [0.29, 0.717) is 42.1 Å². The molecule has 13 nitrogen and oxygen atoms in total. The Morgan fingerprint density at radius 1 is 0.933 bits per heavy atom. The predicted molar refractivity (Wildman–Crippen MR) is 166 cm³/mol. The molecule has 2 N–H and O–H groups in total. The summed E-state index contributed by atoms with van der Waals surface area (Å²) in [4.78, 5) is 37.4. The number of anilines is 3. The average molecular weight is 608 g/mol. The van der Waals surface area contributed by atoms with Crippen LogP contribution in [0.4, 0.5) is 17.6 Å². The number of para-hydroxylation sites is 1. The van der Waals surface area contributed by atoms with Gasteiger partial charge >= 0.3 is 6.01 Å². The quantitative estimate of drug-likeness (QED) is 0.254. The van der Waals surface area contributed by atoms with Gasteiger partial charge in [0.2, 0.25) is 5.95 Å². The molecule has 45 heavy (non-hydrogen) atoms. The first kappa shape index (κ1) is 29.7. The smallest absolute Gasteiger partial charge is 0.316 e. The van der Waals surface area contributed by atoms with Crippen LogP contribution in [0, 0.1) is 11.3 Å². The summed E-state index contributed by atoms with van der Waals surface area (Å²) in [7, 11) is 1.52. The second-order valence-corrected chi connectivity index (χ2v) is 10.8. The Kier molecular flexibility index (Phi) is 9.22. The molecule has 1 saturated heterocycles. The van der Waals surface area contributed by atoms with Gasteiger partial charge in [-0.2, -0.15) is 10.2 Å². The number of nitriles is 1. The third-order valence-electron chi connectivity index (χ3n) is 7.80. The van der Waals surface area contributed by atoms with Crippen LogP contribution in [0.25, 0.3) is 11.1 Å². The molecular weight excluding hydrogens is 574 g/mol. The number of carbonyl (C=O) groups is 1. The van der Waals surface area contributed by atoms with Gasteiger partial charge in [-0.3, -0.25) is 9.69 Å². The van der Waals surface area contributed by atoms with Gasteiger partial charge in [0, 0.05) is 41.8 Å². The summed E-state index contributed by atoms with van der Waals surface area (Å²) in [5.74, 6) is 1.97. The Labute approximate surface area is 260 Å². The van der Waals surface area contributed by atoms with E-state index in [-0.39, 0.29) is 36.7 Å². The largest absolute Gasteiger partial charge is 0.484 e. The van der Waals surface area contributed by atoms with Crippen LogP contribution in [0.1, 0.15) is 31.2 Å². The summed E-state index contributed by atoms with van der Waals surface area (Å²) >= 11 is 0. The molecule has 0 bridgehead atoms. The monoisotopic (exact) mass is 607 g/mol. The van der Waals surface area contributed by atoms with Crippen molar-refractivity contribution in [1.82, 2.24) is 24.9 Å². The number of rotatable bonds is 11. The fraction of sp³-hybridized carbons (Fsp3) is 0.344. The van der Waals surface area contributed by atoms with Crippen molar-refractivity contribution in [3.8, 4) is 29.0 Å². The highest BCUT2D eigenvalue weighted by molar-refractivity contribution is 5.94. The number of amides is 1. The SMILES string of the molecule is COc1ncc(-c2ccc(N(C(=O)COc3ccccc3)[C@H]3CC[C@H](Nc4ncc(C#N)c(NC5COC5)n4)CC3)nc2)cn1. The van der Waals surface area contributed by atoms with E-state index >= 15 is 0 Å². The minimum atomic E-state index is -0.172. The lowest BCUT2D eigenvalue weighted by Gasteiger charge is -2.36. The van der Waals surface area contributed by atoms with Crippen molar-refractivity contribution in [2.75, 3.05) is 42.5 Å². The number of carbonyl (C=O) groups excluding carboxylic acids is 1. The molecule has 0 radical (unpaired) electrons. The van der Waals surface area contributed by atoms with Crippen molar-refractivity contribution in [3.63, 3.8) is 0 Å². The van der Waals surface area contributed by atoms with Crippen LogP contribution in [-0.4, -0.2) is 75.9 Å². The second kappa shape index (κ2) is 14.0. The fourth-order valence-electron chi connectivity index (χ4n) is 5.34. The van der Waals surface area contributed by atoms with Crippen LogP contribution in [-0.2, 0) is 9.53 Å². The van der Waals surface area contributed by atoms with Crippen molar-refractivity contribution in [1.29, 1.82) is 5.26 Å². The first-order valence-corrected chi connectivity index (χ1v) is 14.8. The van der Waals surface area contributed by atoms with Crippen molar-refractivity contribution in [2.45, 2.75) is 43.8 Å². The third kappa shape index (κ3) is 7.25. The summed E-state index contributed by atoms with van der Waals surface area (Å²) in [5, 5.41) is 16.2. The summed E-state index contributed by atoms with van der Waals surface area (Å²) in [6.07, 6.45) is 9.66. The summed E-state index contributed by atoms with van der Waals surface area (Å²) in [5.41, 5.74) is 2.00. The van der Waals surface area contributed by atoms with Crippen LogP contribution in [0.5, 0.6) is 11.8 Å². The van der Waals surface area contributed by atoms with E-state index in [2.05, 4.69) is 41.6 Å². The molecular formula is C32H33N9O4. The molecule has 1 aromatic carbocycles. The molecule has 13 heteroatoms. The number of aromatic nitrogens is 5. The molecule has 0 unspecified atom stereocenters. The highest BCUT2D eigenvalue weighted by Crippen LogP contribution is 2.30. The molecule has 1 aliphatic heterocycles. The van der Waals surface area contributed by atoms with Crippen LogP contribution >= 0.6 is 0 Å². The molecule has 0 atom stereocenters. The molecule has 1 amide bonds. The van der Waals surface area contributed by atoms with E-state index in [1.807, 2.05) is 42.5 Å². The fourth-order valence-corrected chi connectivity index (χ4v) is 5.34. The molecule has 4 aromatic rings. The van der Waals surface area contributed by atoms with Gasteiger partial charge in [0.1, 0.15) is 29.0 Å². The van der Waals surface area contributed by atoms with Gasteiger partial charge in [0.15, 0.2) is 6.61 Å². The normalized spacial score (nSPS) is 17.8. The maximum absolute atomic E-state index is 13.7. The Balaban J connectivity index is 1.15. The average Bonchev–Trinajstić information content (AvgIpc) is 3.07. The molecule has 1 saturated carbocycles. The van der Waals surface area contributed by atoms with Crippen molar-refractivity contribution < 1.29 is 19.0 Å². The van der Waals surface area contributed by atoms with Gasteiger partial charge < -0.3 is 24.8 Å². The molecule has 6 rings (SSSR count). The van der Waals surface area contributed by atoms with E-state index in [4.69, 9.17) is 14.2 Å². The summed E-state index contributed by atoms with van der Waals surface area (Å²) in [6, 6.07) is 15.6. The number of nitrogens with zero attached hydrogens (tertiary/aromatic N) is 7. The highest BCUT2D eigenvalue weighted by atomic mass is 16.5. The minimum Gasteiger partial charge on any atom is -0.484 e. The Morgan fingerprint density at radius 3 is 2.33 bits per heavy atom. The zero-order valence-corrected chi connectivity index (χ0v) is 24.8. The Morgan fingerprint density at radius 2 is 1.69 bits per heavy atom. The number of benzene rings is 1. The predicted octanol–water partition coefficient (Wildman–Crippen LogP) is 3.85. The number of pyridine rings is 1. The topological polar surface area (TPSA) is 160 Å². The van der Waals surface area contributed by atoms with Gasteiger partial charge in [0.05, 0.1) is 32.6 Å². The Hall–Kier alpha value is -5.35. The summed E-state index contributed by atoms with van der Waals surface area (Å²) in [6.45, 7) is 1.06. The van der Waals surface area contributed by atoms with Crippen molar-refractivity contribution in [2.24, 2.45) is 0 Å². The molecule has 4 heterocycles. The van der Waals surface area contributed by atoms with Crippen LogP contribution in [0.15, 0.2) is 67.3 Å². The summed E-state index contributed by atoms with van der Waals surface area (Å²) < 4.78 is 16.1.